The van der Waals surface area contributed by atoms with Crippen LogP contribution in [-0.4, -0.2) is 47.1 Å². The predicted octanol–water partition coefficient (Wildman–Crippen LogP) is 2.27. The normalized spacial score (nSPS) is 24.7. The smallest absolute Gasteiger partial charge is 0.283 e. The Morgan fingerprint density at radius 3 is 2.71 bits per heavy atom. The molecule has 2 spiro atoms. The number of nitrogens with two attached hydrogens (primary N) is 1. The molecule has 3 aliphatic rings. The van der Waals surface area contributed by atoms with Gasteiger partial charge in [-0.1, -0.05) is 6.92 Å². The van der Waals surface area contributed by atoms with Crippen LogP contribution in [0.4, 0.5) is 5.69 Å². The van der Waals surface area contributed by atoms with Crippen LogP contribution in [0.25, 0.3) is 0 Å². The lowest BCUT2D eigenvalue weighted by atomic mass is 9.55. The van der Waals surface area contributed by atoms with Gasteiger partial charge in [0.25, 0.3) is 11.9 Å². The fraction of sp³-hybridized carbons (Fsp3) is 0.500. The molecule has 0 aliphatic carbocycles. The van der Waals surface area contributed by atoms with Crippen molar-refractivity contribution in [3.8, 4) is 5.75 Å². The molecule has 0 bridgehead atoms. The van der Waals surface area contributed by atoms with Gasteiger partial charge in [0.15, 0.2) is 5.69 Å². The van der Waals surface area contributed by atoms with Gasteiger partial charge in [-0.25, -0.2) is 4.99 Å². The molecule has 1 atom stereocenters. The van der Waals surface area contributed by atoms with Crippen LogP contribution in [0.5, 0.6) is 5.75 Å². The highest BCUT2D eigenvalue weighted by Gasteiger charge is 2.71. The van der Waals surface area contributed by atoms with Crippen LogP contribution in [0.15, 0.2) is 35.5 Å². The maximum atomic E-state index is 12.8. The van der Waals surface area contributed by atoms with E-state index in [0.29, 0.717) is 37.0 Å². The van der Waals surface area contributed by atoms with Crippen LogP contribution in [0.1, 0.15) is 43.2 Å². The summed E-state index contributed by atoms with van der Waals surface area (Å²) in [6.07, 6.45) is 2.76. The molecule has 0 radical (unpaired) electrons. The van der Waals surface area contributed by atoms with E-state index in [1.54, 1.807) is 10.7 Å². The van der Waals surface area contributed by atoms with E-state index in [4.69, 9.17) is 24.9 Å². The number of aryl methyl sites for hydroxylation is 1. The summed E-state index contributed by atoms with van der Waals surface area (Å²) in [4.78, 5) is 17.5. The number of fused-ring (bicyclic) bond motifs is 3. The number of carbonyl (C=O) groups excluding carboxylic acids is 1. The van der Waals surface area contributed by atoms with Gasteiger partial charge in [-0.2, -0.15) is 5.10 Å². The van der Waals surface area contributed by atoms with Crippen molar-refractivity contribution >= 4 is 17.6 Å². The largest absolute Gasteiger partial charge is 0.487 e. The van der Waals surface area contributed by atoms with E-state index >= 15 is 0 Å². The predicted molar refractivity (Wildman–Crippen MR) is 114 cm³/mol. The number of anilines is 1. The second kappa shape index (κ2) is 6.71. The summed E-state index contributed by atoms with van der Waals surface area (Å²) in [5.41, 5.74) is 6.12. The number of aromatic nitrogens is 2. The maximum absolute atomic E-state index is 12.8. The number of benzene rings is 1. The topological polar surface area (TPSA) is 113 Å². The molecule has 9 heteroatoms. The third-order valence-electron chi connectivity index (χ3n) is 6.75. The summed E-state index contributed by atoms with van der Waals surface area (Å²) in [5.74, 6) is 0.433. The van der Waals surface area contributed by atoms with Gasteiger partial charge in [-0.05, 0) is 44.5 Å². The fourth-order valence-corrected chi connectivity index (χ4v) is 4.89. The second-order valence-electron chi connectivity index (χ2n) is 8.92. The van der Waals surface area contributed by atoms with Gasteiger partial charge in [0.05, 0.1) is 18.6 Å². The van der Waals surface area contributed by atoms with Crippen molar-refractivity contribution < 1.29 is 19.0 Å². The number of rotatable bonds is 4. The third-order valence-corrected chi connectivity index (χ3v) is 6.75. The summed E-state index contributed by atoms with van der Waals surface area (Å²) in [6, 6.07) is 7.46. The second-order valence-corrected chi connectivity index (χ2v) is 8.92. The average Bonchev–Trinajstić information content (AvgIpc) is 3.29. The first-order valence-electron chi connectivity index (χ1n) is 10.5. The van der Waals surface area contributed by atoms with Crippen molar-refractivity contribution in [3.05, 3.63) is 41.7 Å². The number of nitrogens with zero attached hydrogens (tertiary/aromatic N) is 3. The van der Waals surface area contributed by atoms with E-state index in [1.807, 2.05) is 38.2 Å². The molecular weight excluding hydrogens is 398 g/mol. The number of amidine groups is 1. The lowest BCUT2D eigenvalue weighted by Gasteiger charge is -2.61. The molecule has 1 saturated heterocycles. The zero-order valence-electron chi connectivity index (χ0n) is 18.0. The van der Waals surface area contributed by atoms with Gasteiger partial charge in [0.1, 0.15) is 23.5 Å². The number of nitrogens with one attached hydrogen (secondary N) is 1. The van der Waals surface area contributed by atoms with Crippen molar-refractivity contribution in [2.45, 2.75) is 44.9 Å². The lowest BCUT2D eigenvalue weighted by molar-refractivity contribution is -0.247. The van der Waals surface area contributed by atoms with Gasteiger partial charge >= 0.3 is 0 Å². The monoisotopic (exact) mass is 425 g/mol. The molecule has 0 saturated carbocycles. The highest BCUT2D eigenvalue weighted by molar-refractivity contribution is 6.02. The Labute approximate surface area is 180 Å². The third kappa shape index (κ3) is 2.76. The SMILES string of the molecule is CCCn1ccc(C(=O)Nc2ccc3c(c2)C2(COC(N)=N2)C2(COC2)C(C)(C)O3)n1. The van der Waals surface area contributed by atoms with Gasteiger partial charge in [-0.15, -0.1) is 0 Å². The molecule has 4 heterocycles. The first-order valence-corrected chi connectivity index (χ1v) is 10.5. The first kappa shape index (κ1) is 19.9. The molecule has 9 nitrogen and oxygen atoms in total. The highest BCUT2D eigenvalue weighted by atomic mass is 16.5. The lowest BCUT2D eigenvalue weighted by Crippen LogP contribution is -2.71. The van der Waals surface area contributed by atoms with Crippen molar-refractivity contribution in [1.29, 1.82) is 0 Å². The quantitative estimate of drug-likeness (QED) is 0.777. The molecule has 1 aromatic heterocycles. The standard InChI is InChI=1S/C22H27N5O4/c1-4-8-27-9-7-16(26-27)18(28)24-14-5-6-17-15(10-14)22(13-30-19(23)25-22)21(11-29-12-21)20(2,3)31-17/h5-7,9-10H,4,8,11-13H2,1-3H3,(H2,23,25)(H,24,28). The van der Waals surface area contributed by atoms with E-state index in [0.717, 1.165) is 18.5 Å². The highest BCUT2D eigenvalue weighted by Crippen LogP contribution is 2.62. The van der Waals surface area contributed by atoms with Gasteiger partial charge in [-0.3, -0.25) is 9.48 Å². The molecule has 1 fully saturated rings. The molecule has 3 aliphatic heterocycles. The molecule has 1 aromatic carbocycles. The van der Waals surface area contributed by atoms with E-state index in [-0.39, 0.29) is 11.9 Å². The number of hydrogen-bond donors (Lipinski definition) is 2. The summed E-state index contributed by atoms with van der Waals surface area (Å²) < 4.78 is 19.5. The van der Waals surface area contributed by atoms with Crippen molar-refractivity contribution in [2.75, 3.05) is 25.1 Å². The zero-order chi connectivity index (χ0) is 21.9. The summed E-state index contributed by atoms with van der Waals surface area (Å²) in [5, 5.41) is 7.28. The van der Waals surface area contributed by atoms with Crippen LogP contribution < -0.4 is 15.8 Å². The average molecular weight is 425 g/mol. The van der Waals surface area contributed by atoms with Crippen molar-refractivity contribution in [2.24, 2.45) is 16.1 Å². The van der Waals surface area contributed by atoms with Crippen LogP contribution >= 0.6 is 0 Å². The number of aliphatic imine (C=N–C) groups is 1. The molecule has 2 aromatic rings. The van der Waals surface area contributed by atoms with Crippen LogP contribution in [0, 0.1) is 5.41 Å². The minimum Gasteiger partial charge on any atom is -0.487 e. The van der Waals surface area contributed by atoms with Crippen LogP contribution in [0.3, 0.4) is 0 Å². The van der Waals surface area contributed by atoms with Gasteiger partial charge in [0.2, 0.25) is 0 Å². The first-order chi connectivity index (χ1) is 14.8. The summed E-state index contributed by atoms with van der Waals surface area (Å²) in [7, 11) is 0. The van der Waals surface area contributed by atoms with Crippen molar-refractivity contribution in [1.82, 2.24) is 9.78 Å². The van der Waals surface area contributed by atoms with Crippen LogP contribution in [0.2, 0.25) is 0 Å². The number of ether oxygens (including phenoxy) is 3. The summed E-state index contributed by atoms with van der Waals surface area (Å²) in [6.45, 7) is 8.22. The van der Waals surface area contributed by atoms with Crippen molar-refractivity contribution in [3.63, 3.8) is 0 Å². The van der Waals surface area contributed by atoms with Crippen LogP contribution in [-0.2, 0) is 21.6 Å². The minimum absolute atomic E-state index is 0.158. The number of carbonyl (C=O) groups is 1. The molecule has 5 rings (SSSR count). The zero-order valence-corrected chi connectivity index (χ0v) is 18.0. The Hall–Kier alpha value is -3.07. The Kier molecular flexibility index (Phi) is 4.30. The number of amides is 1. The Balaban J connectivity index is 1.52. The molecule has 3 N–H and O–H groups in total. The number of hydrogen-bond acceptors (Lipinski definition) is 7. The Morgan fingerprint density at radius 1 is 1.26 bits per heavy atom. The molecule has 164 valence electrons. The van der Waals surface area contributed by atoms with Gasteiger partial charge < -0.3 is 25.3 Å². The van der Waals surface area contributed by atoms with E-state index in [1.165, 1.54) is 0 Å². The molecule has 1 unspecified atom stereocenters. The van der Waals surface area contributed by atoms with E-state index in [9.17, 15) is 4.79 Å². The van der Waals surface area contributed by atoms with E-state index < -0.39 is 16.6 Å². The van der Waals surface area contributed by atoms with Gasteiger partial charge in [0, 0.05) is 24.0 Å². The summed E-state index contributed by atoms with van der Waals surface area (Å²) >= 11 is 0. The minimum atomic E-state index is -0.740. The molecule has 1 amide bonds. The maximum Gasteiger partial charge on any atom is 0.283 e. The van der Waals surface area contributed by atoms with E-state index in [2.05, 4.69) is 17.3 Å². The Morgan fingerprint density at radius 2 is 2.06 bits per heavy atom. The molecular formula is C22H27N5O4. The fourth-order valence-electron chi connectivity index (χ4n) is 4.89. The Bertz CT molecular complexity index is 1070. The molecule has 31 heavy (non-hydrogen) atoms.